The van der Waals surface area contributed by atoms with Crippen LogP contribution in [0.15, 0.2) is 60.8 Å². The molecule has 5 heteroatoms. The van der Waals surface area contributed by atoms with E-state index in [4.69, 9.17) is 10.00 Å². The Hall–Kier alpha value is -3.52. The summed E-state index contributed by atoms with van der Waals surface area (Å²) in [4.78, 5) is 16.9. The number of aryl methyl sites for hydroxylation is 1. The maximum Gasteiger partial charge on any atom is 0.343 e. The lowest BCUT2D eigenvalue weighted by molar-refractivity contribution is 0.0734. The molecule has 1 heterocycles. The number of unbranched alkanes of at least 4 members (excludes halogenated alkanes) is 7. The van der Waals surface area contributed by atoms with Gasteiger partial charge >= 0.3 is 5.97 Å². The lowest BCUT2D eigenvalue weighted by atomic mass is 10.0. The predicted octanol–water partition coefficient (Wildman–Crippen LogP) is 7.66. The number of aromatic nitrogens is 1. The van der Waals surface area contributed by atoms with Crippen molar-refractivity contribution >= 4 is 5.97 Å². The number of pyridine rings is 1. The van der Waals surface area contributed by atoms with Gasteiger partial charge in [0, 0.05) is 17.8 Å². The van der Waals surface area contributed by atoms with Gasteiger partial charge in [0.15, 0.2) is 0 Å². The van der Waals surface area contributed by atoms with E-state index in [1.54, 1.807) is 18.2 Å². The van der Waals surface area contributed by atoms with Crippen LogP contribution in [0.5, 0.6) is 5.75 Å². The van der Waals surface area contributed by atoms with Crippen LogP contribution in [-0.4, -0.2) is 11.0 Å². The van der Waals surface area contributed by atoms with E-state index in [1.807, 2.05) is 24.4 Å². The van der Waals surface area contributed by atoms with E-state index >= 15 is 0 Å². The van der Waals surface area contributed by atoms with E-state index in [9.17, 15) is 9.18 Å². The average molecular weight is 459 g/mol. The van der Waals surface area contributed by atoms with Gasteiger partial charge in [0.05, 0.1) is 16.8 Å². The van der Waals surface area contributed by atoms with Crippen LogP contribution in [0.4, 0.5) is 4.39 Å². The fourth-order valence-electron chi connectivity index (χ4n) is 3.80. The zero-order valence-corrected chi connectivity index (χ0v) is 19.7. The Labute approximate surface area is 201 Å². The van der Waals surface area contributed by atoms with Gasteiger partial charge in [-0.1, -0.05) is 70.1 Å². The smallest absolute Gasteiger partial charge is 0.343 e. The highest BCUT2D eigenvalue weighted by molar-refractivity contribution is 5.91. The van der Waals surface area contributed by atoms with E-state index in [1.165, 1.54) is 69.1 Å². The minimum absolute atomic E-state index is 0.0549. The van der Waals surface area contributed by atoms with Gasteiger partial charge in [0.1, 0.15) is 17.6 Å². The number of halogens is 1. The SMILES string of the molecule is CCCCCCCCCCc1ccc(-c2ccc(C(=O)Oc3ccc(C#N)c(F)c3)cc2)nc1. The number of hydrogen-bond donors (Lipinski definition) is 0. The Morgan fingerprint density at radius 1 is 0.941 bits per heavy atom. The molecule has 0 atom stereocenters. The number of rotatable bonds is 12. The minimum Gasteiger partial charge on any atom is -0.423 e. The molecule has 3 rings (SSSR count). The summed E-state index contributed by atoms with van der Waals surface area (Å²) in [6.45, 7) is 2.25. The number of carbonyl (C=O) groups excluding carboxylic acids is 1. The van der Waals surface area contributed by atoms with E-state index in [2.05, 4.69) is 18.0 Å². The van der Waals surface area contributed by atoms with E-state index in [0.29, 0.717) is 5.56 Å². The quantitative estimate of drug-likeness (QED) is 0.159. The Bertz CT molecular complexity index is 1100. The first-order valence-electron chi connectivity index (χ1n) is 12.1. The second-order valence-corrected chi connectivity index (χ2v) is 8.50. The van der Waals surface area contributed by atoms with Crippen molar-refractivity contribution in [3.8, 4) is 23.1 Å². The average Bonchev–Trinajstić information content (AvgIpc) is 2.86. The van der Waals surface area contributed by atoms with E-state index in [-0.39, 0.29) is 11.3 Å². The van der Waals surface area contributed by atoms with Gasteiger partial charge < -0.3 is 4.74 Å². The first kappa shape index (κ1) is 25.1. The molecule has 0 aliphatic carbocycles. The summed E-state index contributed by atoms with van der Waals surface area (Å²) >= 11 is 0. The summed E-state index contributed by atoms with van der Waals surface area (Å²) in [5, 5.41) is 8.79. The molecule has 0 aliphatic heterocycles. The highest BCUT2D eigenvalue weighted by Gasteiger charge is 2.11. The van der Waals surface area contributed by atoms with Crippen molar-refractivity contribution in [2.45, 2.75) is 64.7 Å². The zero-order chi connectivity index (χ0) is 24.2. The van der Waals surface area contributed by atoms with Gasteiger partial charge in [-0.2, -0.15) is 5.26 Å². The van der Waals surface area contributed by atoms with Crippen LogP contribution in [0, 0.1) is 17.1 Å². The summed E-state index contributed by atoms with van der Waals surface area (Å²) in [5.41, 5.74) is 3.23. The van der Waals surface area contributed by atoms with E-state index < -0.39 is 11.8 Å². The minimum atomic E-state index is -0.722. The molecule has 176 valence electrons. The number of benzene rings is 2. The fourth-order valence-corrected chi connectivity index (χ4v) is 3.80. The summed E-state index contributed by atoms with van der Waals surface area (Å²) in [5.74, 6) is -1.26. The van der Waals surface area contributed by atoms with Crippen molar-refractivity contribution < 1.29 is 13.9 Å². The van der Waals surface area contributed by atoms with Crippen LogP contribution < -0.4 is 4.74 Å². The molecule has 0 N–H and O–H groups in total. The monoisotopic (exact) mass is 458 g/mol. The molecule has 0 aliphatic rings. The lowest BCUT2D eigenvalue weighted by Gasteiger charge is -2.07. The second kappa shape index (κ2) is 13.3. The zero-order valence-electron chi connectivity index (χ0n) is 19.7. The van der Waals surface area contributed by atoms with Crippen molar-refractivity contribution in [3.05, 3.63) is 83.3 Å². The molecular weight excluding hydrogens is 427 g/mol. The Kier molecular flexibility index (Phi) is 9.79. The molecule has 0 amide bonds. The van der Waals surface area contributed by atoms with Crippen molar-refractivity contribution in [2.24, 2.45) is 0 Å². The molecule has 4 nitrogen and oxygen atoms in total. The predicted molar refractivity (Wildman–Crippen MR) is 132 cm³/mol. The number of esters is 1. The maximum absolute atomic E-state index is 13.7. The van der Waals surface area contributed by atoms with Crippen LogP contribution in [0.25, 0.3) is 11.3 Å². The summed E-state index contributed by atoms with van der Waals surface area (Å²) in [6.07, 6.45) is 13.4. The van der Waals surface area contributed by atoms with Gasteiger partial charge in [0.25, 0.3) is 0 Å². The van der Waals surface area contributed by atoms with Crippen molar-refractivity contribution in [1.82, 2.24) is 4.98 Å². The number of nitriles is 1. The normalized spacial score (nSPS) is 10.6. The van der Waals surface area contributed by atoms with Gasteiger partial charge in [-0.3, -0.25) is 4.98 Å². The third-order valence-corrected chi connectivity index (χ3v) is 5.83. The van der Waals surface area contributed by atoms with Crippen LogP contribution >= 0.6 is 0 Å². The molecule has 34 heavy (non-hydrogen) atoms. The molecule has 0 unspecified atom stereocenters. The molecule has 3 aromatic rings. The Morgan fingerprint density at radius 3 is 2.26 bits per heavy atom. The largest absolute Gasteiger partial charge is 0.423 e. The molecule has 0 saturated carbocycles. The van der Waals surface area contributed by atoms with Crippen molar-refractivity contribution in [3.63, 3.8) is 0 Å². The Balaban J connectivity index is 1.48. The van der Waals surface area contributed by atoms with E-state index in [0.717, 1.165) is 23.7 Å². The molecule has 0 saturated heterocycles. The van der Waals surface area contributed by atoms with Crippen molar-refractivity contribution in [2.75, 3.05) is 0 Å². The molecule has 0 radical (unpaired) electrons. The highest BCUT2D eigenvalue weighted by Crippen LogP contribution is 2.21. The van der Waals surface area contributed by atoms with Crippen LogP contribution in [-0.2, 0) is 6.42 Å². The van der Waals surface area contributed by atoms with Gasteiger partial charge in [0.2, 0.25) is 0 Å². The number of hydrogen-bond acceptors (Lipinski definition) is 4. The number of ether oxygens (including phenoxy) is 1. The first-order valence-corrected chi connectivity index (χ1v) is 12.1. The third-order valence-electron chi connectivity index (χ3n) is 5.83. The Morgan fingerprint density at radius 2 is 1.65 bits per heavy atom. The van der Waals surface area contributed by atoms with Gasteiger partial charge in [-0.05, 0) is 48.7 Å². The topological polar surface area (TPSA) is 63.0 Å². The summed E-state index contributed by atoms with van der Waals surface area (Å²) < 4.78 is 18.9. The van der Waals surface area contributed by atoms with Gasteiger partial charge in [-0.15, -0.1) is 0 Å². The molecular formula is C29H31FN2O2. The number of carbonyl (C=O) groups is 1. The summed E-state index contributed by atoms with van der Waals surface area (Å²) in [6, 6.07) is 16.5. The van der Waals surface area contributed by atoms with Crippen molar-refractivity contribution in [1.29, 1.82) is 5.26 Å². The van der Waals surface area contributed by atoms with Crippen LogP contribution in [0.1, 0.15) is 79.8 Å². The standard InChI is InChI=1S/C29H31FN2O2/c1-2-3-4-5-6-7-8-9-10-22-11-18-28(32-21-22)23-12-14-24(15-13-23)29(33)34-26-17-16-25(20-31)27(30)19-26/h11-19,21H,2-10H2,1H3. The third kappa shape index (κ3) is 7.52. The fraction of sp³-hybridized carbons (Fsp3) is 0.345. The molecule has 0 bridgehead atoms. The number of nitrogens with zero attached hydrogens (tertiary/aromatic N) is 2. The summed E-state index contributed by atoms with van der Waals surface area (Å²) in [7, 11) is 0. The molecule has 1 aromatic heterocycles. The van der Waals surface area contributed by atoms with Crippen LogP contribution in [0.2, 0.25) is 0 Å². The molecule has 0 spiro atoms. The highest BCUT2D eigenvalue weighted by atomic mass is 19.1. The second-order valence-electron chi connectivity index (χ2n) is 8.50. The first-order chi connectivity index (χ1) is 16.6. The lowest BCUT2D eigenvalue weighted by Crippen LogP contribution is -2.08. The van der Waals surface area contributed by atoms with Crippen LogP contribution in [0.3, 0.4) is 0 Å². The molecule has 2 aromatic carbocycles. The molecule has 0 fully saturated rings. The van der Waals surface area contributed by atoms with Gasteiger partial charge in [-0.25, -0.2) is 9.18 Å². The maximum atomic E-state index is 13.7.